The molecule has 0 bridgehead atoms. The van der Waals surface area contributed by atoms with Crippen LogP contribution in [0, 0.1) is 0 Å². The van der Waals surface area contributed by atoms with Crippen LogP contribution in [0.1, 0.15) is 40.3 Å². The molecule has 8 heteroatoms. The van der Waals surface area contributed by atoms with Gasteiger partial charge in [0.15, 0.2) is 17.3 Å². The lowest BCUT2D eigenvalue weighted by Crippen LogP contribution is -2.21. The molecular formula is C25H20N2O6. The molecule has 1 aliphatic heterocycles. The van der Waals surface area contributed by atoms with E-state index in [2.05, 4.69) is 5.10 Å². The van der Waals surface area contributed by atoms with Crippen LogP contribution in [0.4, 0.5) is 5.69 Å². The van der Waals surface area contributed by atoms with E-state index >= 15 is 0 Å². The van der Waals surface area contributed by atoms with Gasteiger partial charge in [-0.15, -0.1) is 0 Å². The van der Waals surface area contributed by atoms with Crippen molar-refractivity contribution in [3.63, 3.8) is 0 Å². The lowest BCUT2D eigenvalue weighted by atomic mass is 10.1. The van der Waals surface area contributed by atoms with Crippen molar-refractivity contribution in [2.45, 2.75) is 13.8 Å². The summed E-state index contributed by atoms with van der Waals surface area (Å²) >= 11 is 0. The number of benzene rings is 2. The Labute approximate surface area is 189 Å². The number of furan rings is 1. The van der Waals surface area contributed by atoms with Crippen LogP contribution < -0.4 is 14.5 Å². The zero-order valence-corrected chi connectivity index (χ0v) is 18.2. The molecule has 0 saturated heterocycles. The van der Waals surface area contributed by atoms with Gasteiger partial charge < -0.3 is 13.9 Å². The van der Waals surface area contributed by atoms with Crippen LogP contribution in [0.3, 0.4) is 0 Å². The number of Topliss-reactive ketones (excluding diaryl/α,β-unsaturated/α-hetero) is 1. The molecule has 8 nitrogen and oxygen atoms in total. The number of amides is 1. The predicted molar refractivity (Wildman–Crippen MR) is 122 cm³/mol. The number of carbonyl (C=O) groups excluding carboxylic acids is 3. The molecular weight excluding hydrogens is 424 g/mol. The second-order valence-corrected chi connectivity index (χ2v) is 7.24. The smallest absolute Gasteiger partial charge is 0.379 e. The van der Waals surface area contributed by atoms with Gasteiger partial charge >= 0.3 is 5.97 Å². The average Bonchev–Trinajstić information content (AvgIpc) is 3.44. The molecule has 0 N–H and O–H groups in total. The Kier molecular flexibility index (Phi) is 5.91. The zero-order chi connectivity index (χ0) is 23.5. The van der Waals surface area contributed by atoms with E-state index in [0.29, 0.717) is 33.8 Å². The number of esters is 1. The molecule has 0 fully saturated rings. The Hall–Kier alpha value is -4.46. The van der Waals surface area contributed by atoms with Crippen molar-refractivity contribution in [3.8, 4) is 11.5 Å². The van der Waals surface area contributed by atoms with Crippen molar-refractivity contribution in [2.24, 2.45) is 5.10 Å². The number of nitrogens with zero attached hydrogens (tertiary/aromatic N) is 2. The number of ether oxygens (including phenoxy) is 2. The molecule has 0 aliphatic carbocycles. The number of ketones is 1. The Morgan fingerprint density at radius 3 is 2.58 bits per heavy atom. The molecule has 0 unspecified atom stereocenters. The van der Waals surface area contributed by atoms with E-state index in [0.717, 1.165) is 0 Å². The Morgan fingerprint density at radius 1 is 1.06 bits per heavy atom. The second kappa shape index (κ2) is 8.96. The van der Waals surface area contributed by atoms with Gasteiger partial charge in [0.2, 0.25) is 5.76 Å². The van der Waals surface area contributed by atoms with E-state index in [9.17, 15) is 14.4 Å². The highest BCUT2D eigenvalue weighted by atomic mass is 16.6. The number of hydrogen-bond donors (Lipinski definition) is 0. The first-order valence-electron chi connectivity index (χ1n) is 10.0. The van der Waals surface area contributed by atoms with Gasteiger partial charge in [0.25, 0.3) is 5.91 Å². The van der Waals surface area contributed by atoms with E-state index in [1.807, 2.05) is 0 Å². The van der Waals surface area contributed by atoms with E-state index < -0.39 is 5.97 Å². The lowest BCUT2D eigenvalue weighted by Gasteiger charge is -2.12. The van der Waals surface area contributed by atoms with Crippen LogP contribution in [0.25, 0.3) is 6.08 Å². The first-order chi connectivity index (χ1) is 15.9. The van der Waals surface area contributed by atoms with Gasteiger partial charge in [-0.05, 0) is 61.9 Å². The molecule has 0 atom stereocenters. The van der Waals surface area contributed by atoms with Crippen molar-refractivity contribution >= 4 is 35.1 Å². The molecule has 1 amide bonds. The number of hydrazone groups is 1. The minimum Gasteiger partial charge on any atom is -0.493 e. The molecule has 0 saturated carbocycles. The Morgan fingerprint density at radius 2 is 1.88 bits per heavy atom. The highest BCUT2D eigenvalue weighted by Crippen LogP contribution is 2.31. The number of rotatable bonds is 6. The lowest BCUT2D eigenvalue weighted by molar-refractivity contribution is -0.114. The highest BCUT2D eigenvalue weighted by molar-refractivity contribution is 6.32. The first kappa shape index (κ1) is 21.8. The fourth-order valence-corrected chi connectivity index (χ4v) is 3.29. The van der Waals surface area contributed by atoms with E-state index in [1.54, 1.807) is 61.5 Å². The van der Waals surface area contributed by atoms with Crippen LogP contribution in [0.5, 0.6) is 11.5 Å². The molecule has 0 radical (unpaired) electrons. The minimum absolute atomic E-state index is 0.0700. The molecule has 1 aromatic heterocycles. The molecule has 2 aromatic carbocycles. The third kappa shape index (κ3) is 4.45. The van der Waals surface area contributed by atoms with Crippen LogP contribution in [0.15, 0.2) is 76.0 Å². The average molecular weight is 444 g/mol. The van der Waals surface area contributed by atoms with Gasteiger partial charge in [-0.2, -0.15) is 10.1 Å². The van der Waals surface area contributed by atoms with Gasteiger partial charge in [-0.1, -0.05) is 18.2 Å². The first-order valence-corrected chi connectivity index (χ1v) is 10.0. The summed E-state index contributed by atoms with van der Waals surface area (Å²) in [6.45, 7) is 3.20. The van der Waals surface area contributed by atoms with Gasteiger partial charge in [0.1, 0.15) is 0 Å². The summed E-state index contributed by atoms with van der Waals surface area (Å²) < 4.78 is 15.7. The van der Waals surface area contributed by atoms with E-state index in [4.69, 9.17) is 13.9 Å². The molecule has 166 valence electrons. The third-order valence-electron chi connectivity index (χ3n) is 4.98. The highest BCUT2D eigenvalue weighted by Gasteiger charge is 2.29. The summed E-state index contributed by atoms with van der Waals surface area (Å²) in [5, 5.41) is 5.62. The van der Waals surface area contributed by atoms with Crippen molar-refractivity contribution in [2.75, 3.05) is 12.1 Å². The Bertz CT molecular complexity index is 1300. The van der Waals surface area contributed by atoms with Gasteiger partial charge in [0.05, 0.1) is 30.3 Å². The van der Waals surface area contributed by atoms with Gasteiger partial charge in [0, 0.05) is 5.56 Å². The normalized spacial score (nSPS) is 14.4. The third-order valence-corrected chi connectivity index (χ3v) is 4.98. The number of anilines is 1. The van der Waals surface area contributed by atoms with Crippen LogP contribution in [-0.4, -0.2) is 30.5 Å². The standard InChI is InChI=1S/C25H20N2O6/c1-15-20(24(29)27(26-15)19-7-4-6-18(14-19)16(2)28)12-17-9-10-21(23(13-17)31-3)33-25(30)22-8-5-11-32-22/h4-14H,1-3H3/b20-12-. The van der Waals surface area contributed by atoms with Crippen molar-refractivity contribution in [3.05, 3.63) is 83.3 Å². The van der Waals surface area contributed by atoms with Crippen LogP contribution in [-0.2, 0) is 4.79 Å². The largest absolute Gasteiger partial charge is 0.493 e. The van der Waals surface area contributed by atoms with Gasteiger partial charge in [-0.25, -0.2) is 4.79 Å². The van der Waals surface area contributed by atoms with E-state index in [1.165, 1.54) is 31.4 Å². The summed E-state index contributed by atoms with van der Waals surface area (Å²) in [6.07, 6.45) is 3.06. The maximum Gasteiger partial charge on any atom is 0.379 e. The van der Waals surface area contributed by atoms with Crippen molar-refractivity contribution in [1.29, 1.82) is 0 Å². The molecule has 3 aromatic rings. The second-order valence-electron chi connectivity index (χ2n) is 7.24. The van der Waals surface area contributed by atoms with Crippen molar-refractivity contribution in [1.82, 2.24) is 0 Å². The van der Waals surface area contributed by atoms with Crippen molar-refractivity contribution < 1.29 is 28.3 Å². The summed E-state index contributed by atoms with van der Waals surface area (Å²) in [5.41, 5.74) is 2.58. The number of carbonyl (C=O) groups is 3. The summed E-state index contributed by atoms with van der Waals surface area (Å²) in [5.74, 6) is -0.468. The SMILES string of the molecule is COc1cc(/C=C2\C(=O)N(c3cccc(C(C)=O)c3)N=C2C)ccc1OC(=O)c1ccco1. The van der Waals surface area contributed by atoms with Gasteiger partial charge in [-0.3, -0.25) is 9.59 Å². The Balaban J connectivity index is 1.59. The van der Waals surface area contributed by atoms with Crippen LogP contribution >= 0.6 is 0 Å². The summed E-state index contributed by atoms with van der Waals surface area (Å²) in [6, 6.07) is 14.7. The number of hydrogen-bond acceptors (Lipinski definition) is 7. The molecule has 2 heterocycles. The summed E-state index contributed by atoms with van der Waals surface area (Å²) in [7, 11) is 1.45. The maximum absolute atomic E-state index is 13.0. The quantitative estimate of drug-likeness (QED) is 0.240. The predicted octanol–water partition coefficient (Wildman–Crippen LogP) is 4.52. The summed E-state index contributed by atoms with van der Waals surface area (Å²) in [4.78, 5) is 36.9. The fraction of sp³-hybridized carbons (Fsp3) is 0.120. The molecule has 33 heavy (non-hydrogen) atoms. The van der Waals surface area contributed by atoms with Crippen LogP contribution in [0.2, 0.25) is 0 Å². The fourth-order valence-electron chi connectivity index (χ4n) is 3.29. The topological polar surface area (TPSA) is 98.4 Å². The number of methoxy groups -OCH3 is 1. The zero-order valence-electron chi connectivity index (χ0n) is 18.2. The minimum atomic E-state index is -0.651. The molecule has 0 spiro atoms. The molecule has 1 aliphatic rings. The maximum atomic E-state index is 13.0. The molecule has 4 rings (SSSR count). The monoisotopic (exact) mass is 444 g/mol. The van der Waals surface area contributed by atoms with E-state index in [-0.39, 0.29) is 23.2 Å².